The minimum absolute atomic E-state index is 0.0117. The number of hydrogen-bond acceptors (Lipinski definition) is 4. The van der Waals surface area contributed by atoms with E-state index in [0.29, 0.717) is 11.1 Å². The maximum absolute atomic E-state index is 14.1. The van der Waals surface area contributed by atoms with Gasteiger partial charge < -0.3 is 14.9 Å². The first-order valence-corrected chi connectivity index (χ1v) is 9.91. The lowest BCUT2D eigenvalue weighted by Crippen LogP contribution is -2.46. The van der Waals surface area contributed by atoms with Gasteiger partial charge in [0.15, 0.2) is 5.60 Å². The third-order valence-electron chi connectivity index (χ3n) is 5.06. The topological polar surface area (TPSA) is 79.7 Å². The van der Waals surface area contributed by atoms with Crippen molar-refractivity contribution >= 4 is 29.4 Å². The lowest BCUT2D eigenvalue weighted by atomic mass is 9.77. The van der Waals surface area contributed by atoms with E-state index >= 15 is 0 Å². The normalized spacial score (nSPS) is 14.5. The van der Waals surface area contributed by atoms with E-state index in [9.17, 15) is 23.1 Å². The zero-order valence-electron chi connectivity index (χ0n) is 16.4. The Morgan fingerprint density at radius 2 is 1.75 bits per heavy atom. The molecule has 0 aliphatic heterocycles. The van der Waals surface area contributed by atoms with Crippen LogP contribution < -0.4 is 4.74 Å². The summed E-state index contributed by atoms with van der Waals surface area (Å²) in [4.78, 5) is 14.4. The lowest BCUT2D eigenvalue weighted by Gasteiger charge is -2.37. The molecule has 0 saturated carbocycles. The largest absolute Gasteiger partial charge is 0.511 e. The zero-order valence-corrected chi connectivity index (χ0v) is 17.9. The van der Waals surface area contributed by atoms with E-state index in [1.165, 1.54) is 37.3 Å². The summed E-state index contributed by atoms with van der Waals surface area (Å²) in [6, 6.07) is 12.5. The van der Waals surface area contributed by atoms with Crippen LogP contribution in [0.15, 0.2) is 60.8 Å². The number of benzene rings is 2. The molecule has 1 aromatic heterocycles. The summed E-state index contributed by atoms with van der Waals surface area (Å²) < 4.78 is 46.8. The SMILES string of the molecule is CC(c1ccc(-c2cccc(OC(=O)O)c2)cc1Cl)C(O)(c1ccnc(Cl)c1)C(F)(F)F. The van der Waals surface area contributed by atoms with E-state index in [1.807, 2.05) is 0 Å². The number of carbonyl (C=O) groups is 1. The fourth-order valence-electron chi connectivity index (χ4n) is 3.42. The van der Waals surface area contributed by atoms with Crippen molar-refractivity contribution in [2.45, 2.75) is 24.6 Å². The van der Waals surface area contributed by atoms with Crippen molar-refractivity contribution in [3.05, 3.63) is 82.1 Å². The van der Waals surface area contributed by atoms with Crippen LogP contribution >= 0.6 is 23.2 Å². The first-order valence-electron chi connectivity index (χ1n) is 9.15. The van der Waals surface area contributed by atoms with E-state index in [0.717, 1.165) is 18.3 Å². The second-order valence-electron chi connectivity index (χ2n) is 6.99. The number of aliphatic hydroxyl groups is 1. The molecule has 5 nitrogen and oxygen atoms in total. The van der Waals surface area contributed by atoms with Gasteiger partial charge in [0.2, 0.25) is 0 Å². The molecule has 0 aliphatic carbocycles. The van der Waals surface area contributed by atoms with Gasteiger partial charge in [-0.3, -0.25) is 0 Å². The van der Waals surface area contributed by atoms with Crippen LogP contribution in [0.3, 0.4) is 0 Å². The van der Waals surface area contributed by atoms with Gasteiger partial charge >= 0.3 is 12.3 Å². The quantitative estimate of drug-likeness (QED) is 0.239. The molecule has 2 unspecified atom stereocenters. The molecule has 0 aliphatic rings. The molecule has 0 radical (unpaired) electrons. The lowest BCUT2D eigenvalue weighted by molar-refractivity contribution is -0.274. The second-order valence-corrected chi connectivity index (χ2v) is 7.78. The highest BCUT2D eigenvalue weighted by Crippen LogP contribution is 2.50. The molecule has 3 rings (SSSR count). The van der Waals surface area contributed by atoms with Crippen molar-refractivity contribution < 1.29 is 32.9 Å². The van der Waals surface area contributed by atoms with Crippen molar-refractivity contribution in [1.29, 1.82) is 0 Å². The van der Waals surface area contributed by atoms with E-state index in [2.05, 4.69) is 9.72 Å². The van der Waals surface area contributed by atoms with Gasteiger partial charge in [-0.2, -0.15) is 13.2 Å². The summed E-state index contributed by atoms with van der Waals surface area (Å²) in [6.07, 6.45) is -5.44. The molecule has 2 N–H and O–H groups in total. The van der Waals surface area contributed by atoms with Crippen LogP contribution in [0.2, 0.25) is 10.2 Å². The van der Waals surface area contributed by atoms with Gasteiger partial charge in [0.1, 0.15) is 10.9 Å². The molecule has 0 bridgehead atoms. The number of ether oxygens (including phenoxy) is 1. The van der Waals surface area contributed by atoms with Crippen molar-refractivity contribution in [2.75, 3.05) is 0 Å². The summed E-state index contributed by atoms with van der Waals surface area (Å²) in [6.45, 7) is 1.21. The molecular weight excluding hydrogens is 470 g/mol. The average Bonchev–Trinajstić information content (AvgIpc) is 2.71. The van der Waals surface area contributed by atoms with Gasteiger partial charge in [-0.1, -0.05) is 54.4 Å². The molecule has 168 valence electrons. The third-order valence-corrected chi connectivity index (χ3v) is 5.60. The molecule has 0 fully saturated rings. The molecule has 0 saturated heterocycles. The highest BCUT2D eigenvalue weighted by atomic mass is 35.5. The number of aromatic nitrogens is 1. The fourth-order valence-corrected chi connectivity index (χ4v) is 3.94. The Labute approximate surface area is 191 Å². The summed E-state index contributed by atoms with van der Waals surface area (Å²) in [5, 5.41) is 19.4. The van der Waals surface area contributed by atoms with E-state index in [-0.39, 0.29) is 21.5 Å². The first-order chi connectivity index (χ1) is 14.9. The highest BCUT2D eigenvalue weighted by molar-refractivity contribution is 6.31. The second kappa shape index (κ2) is 8.97. The zero-order chi connectivity index (χ0) is 23.7. The number of hydrogen-bond donors (Lipinski definition) is 2. The van der Waals surface area contributed by atoms with Gasteiger partial charge in [-0.05, 0) is 52.6 Å². The number of carboxylic acid groups (broad SMARTS) is 1. The van der Waals surface area contributed by atoms with Gasteiger partial charge in [0.25, 0.3) is 0 Å². The van der Waals surface area contributed by atoms with Crippen LogP contribution in [0, 0.1) is 0 Å². The van der Waals surface area contributed by atoms with Crippen LogP contribution in [0.4, 0.5) is 18.0 Å². The monoisotopic (exact) mass is 485 g/mol. The first kappa shape index (κ1) is 23.8. The number of nitrogens with zero attached hydrogens (tertiary/aromatic N) is 1. The Morgan fingerprint density at radius 1 is 1.06 bits per heavy atom. The molecule has 0 spiro atoms. The number of rotatable bonds is 5. The van der Waals surface area contributed by atoms with Gasteiger partial charge in [0.05, 0.1) is 0 Å². The highest BCUT2D eigenvalue weighted by Gasteiger charge is 2.59. The number of alkyl halides is 3. The maximum atomic E-state index is 14.1. The van der Waals surface area contributed by atoms with E-state index < -0.39 is 29.4 Å². The van der Waals surface area contributed by atoms with Crippen LogP contribution in [0.25, 0.3) is 11.1 Å². The predicted molar refractivity (Wildman–Crippen MR) is 113 cm³/mol. The molecule has 0 amide bonds. The van der Waals surface area contributed by atoms with Crippen molar-refractivity contribution in [1.82, 2.24) is 4.98 Å². The molecule has 10 heteroatoms. The molecule has 1 heterocycles. The predicted octanol–water partition coefficient (Wildman–Crippen LogP) is 6.67. The van der Waals surface area contributed by atoms with Crippen molar-refractivity contribution in [3.63, 3.8) is 0 Å². The maximum Gasteiger partial charge on any atom is 0.511 e. The minimum Gasteiger partial charge on any atom is -0.449 e. The van der Waals surface area contributed by atoms with Crippen LogP contribution in [-0.2, 0) is 5.60 Å². The van der Waals surface area contributed by atoms with Crippen molar-refractivity contribution in [3.8, 4) is 16.9 Å². The summed E-state index contributed by atoms with van der Waals surface area (Å²) in [5.41, 5.74) is -2.63. The number of halogens is 5. The smallest absolute Gasteiger partial charge is 0.449 e. The van der Waals surface area contributed by atoms with Gasteiger partial charge in [-0.25, -0.2) is 9.78 Å². The van der Waals surface area contributed by atoms with Crippen LogP contribution in [-0.4, -0.2) is 27.5 Å². The molecular formula is C22H16Cl2F3NO4. The third kappa shape index (κ3) is 4.67. The van der Waals surface area contributed by atoms with Gasteiger partial charge in [-0.15, -0.1) is 0 Å². The summed E-state index contributed by atoms with van der Waals surface area (Å²) in [5.74, 6) is -1.42. The fraction of sp³-hybridized carbons (Fsp3) is 0.182. The Bertz CT molecular complexity index is 1160. The molecule has 3 aromatic rings. The summed E-state index contributed by atoms with van der Waals surface area (Å²) >= 11 is 12.1. The molecule has 32 heavy (non-hydrogen) atoms. The average molecular weight is 486 g/mol. The van der Waals surface area contributed by atoms with Crippen molar-refractivity contribution in [2.24, 2.45) is 0 Å². The van der Waals surface area contributed by atoms with E-state index in [4.69, 9.17) is 28.3 Å². The van der Waals surface area contributed by atoms with Crippen LogP contribution in [0.1, 0.15) is 24.0 Å². The summed E-state index contributed by atoms with van der Waals surface area (Å²) in [7, 11) is 0. The van der Waals surface area contributed by atoms with Crippen LogP contribution in [0.5, 0.6) is 5.75 Å². The Kier molecular flexibility index (Phi) is 6.69. The number of pyridine rings is 1. The standard InChI is InChI=1S/C22H16Cl2F3NO4/c1-12(21(31,22(25,26)27)15-7-8-28-19(24)11-15)17-6-5-14(10-18(17)23)13-3-2-4-16(9-13)32-20(29)30/h2-12,31H,1H3,(H,29,30). The molecule has 2 aromatic carbocycles. The Morgan fingerprint density at radius 3 is 2.34 bits per heavy atom. The molecule has 2 atom stereocenters. The van der Waals surface area contributed by atoms with E-state index in [1.54, 1.807) is 12.1 Å². The van der Waals surface area contributed by atoms with Gasteiger partial charge in [0, 0.05) is 17.1 Å². The minimum atomic E-state index is -5.04. The Balaban J connectivity index is 2.03. The Hall–Kier alpha value is -2.81.